The van der Waals surface area contributed by atoms with E-state index in [1.54, 1.807) is 12.1 Å². The zero-order valence-electron chi connectivity index (χ0n) is 20.5. The fraction of sp³-hybridized carbons (Fsp3) is 0.500. The molecule has 0 unspecified atom stereocenters. The lowest BCUT2D eigenvalue weighted by Gasteiger charge is -2.11. The quantitative estimate of drug-likeness (QED) is 0.109. The van der Waals surface area contributed by atoms with Gasteiger partial charge in [0.2, 0.25) is 0 Å². The Labute approximate surface area is 208 Å². The number of nitro benzene ring substituents is 1. The summed E-state index contributed by atoms with van der Waals surface area (Å²) in [5.74, 6) is 0.866. The molecule has 0 saturated heterocycles. The minimum atomic E-state index is -0.434. The zero-order chi connectivity index (χ0) is 25.1. The van der Waals surface area contributed by atoms with Gasteiger partial charge in [0.25, 0.3) is 5.69 Å². The molecular weight excluding hydrogens is 446 g/mol. The van der Waals surface area contributed by atoms with Crippen LogP contribution in [0.1, 0.15) is 68.9 Å². The van der Waals surface area contributed by atoms with Crippen molar-refractivity contribution in [3.05, 3.63) is 69.8 Å². The molecule has 0 fully saturated rings. The lowest BCUT2D eigenvalue weighted by atomic mass is 10.1. The number of non-ortho nitro benzene ring substituents is 1. The molecule has 2 aromatic rings. The van der Waals surface area contributed by atoms with E-state index in [0.717, 1.165) is 42.7 Å². The van der Waals surface area contributed by atoms with Crippen molar-refractivity contribution in [1.29, 1.82) is 0 Å². The van der Waals surface area contributed by atoms with Crippen LogP contribution in [-0.4, -0.2) is 47.7 Å². The monoisotopic (exact) mass is 485 g/mol. The molecule has 2 aromatic carbocycles. The lowest BCUT2D eigenvalue weighted by Crippen LogP contribution is -2.22. The summed E-state index contributed by atoms with van der Waals surface area (Å²) in [4.78, 5) is 10.3. The van der Waals surface area contributed by atoms with Gasteiger partial charge < -0.3 is 19.7 Å². The number of unbranched alkanes of at least 4 members (excludes halogenated alkanes) is 8. The molecule has 0 atom stereocenters. The van der Waals surface area contributed by atoms with Crippen LogP contribution < -0.4 is 4.74 Å². The zero-order valence-corrected chi connectivity index (χ0v) is 20.5. The van der Waals surface area contributed by atoms with Gasteiger partial charge in [-0.2, -0.15) is 0 Å². The van der Waals surface area contributed by atoms with Gasteiger partial charge in [-0.1, -0.05) is 69.2 Å². The van der Waals surface area contributed by atoms with E-state index in [-0.39, 0.29) is 18.9 Å². The molecule has 0 aliphatic carbocycles. The van der Waals surface area contributed by atoms with Crippen LogP contribution in [0.2, 0.25) is 0 Å². The van der Waals surface area contributed by atoms with Crippen LogP contribution in [0.15, 0.2) is 48.5 Å². The Morgan fingerprint density at radius 1 is 0.714 bits per heavy atom. The van der Waals surface area contributed by atoms with Crippen molar-refractivity contribution >= 4 is 17.8 Å². The highest BCUT2D eigenvalue weighted by Gasteiger charge is 2.04. The second-order valence-electron chi connectivity index (χ2n) is 8.64. The Morgan fingerprint density at radius 2 is 1.17 bits per heavy atom. The van der Waals surface area contributed by atoms with Crippen molar-refractivity contribution in [3.63, 3.8) is 0 Å². The van der Waals surface area contributed by atoms with E-state index in [4.69, 9.17) is 19.7 Å². The van der Waals surface area contributed by atoms with Crippen LogP contribution in [0.3, 0.4) is 0 Å². The van der Waals surface area contributed by atoms with Crippen LogP contribution in [0.4, 0.5) is 5.69 Å². The summed E-state index contributed by atoms with van der Waals surface area (Å²) in [6.07, 6.45) is 14.0. The first-order valence-corrected chi connectivity index (χ1v) is 12.6. The molecular formula is C28H39NO6. The smallest absolute Gasteiger partial charge is 0.269 e. The van der Waals surface area contributed by atoms with E-state index in [1.807, 2.05) is 36.4 Å². The van der Waals surface area contributed by atoms with E-state index in [1.165, 1.54) is 50.7 Å². The molecule has 0 bridgehead atoms. The van der Waals surface area contributed by atoms with Crippen molar-refractivity contribution < 1.29 is 24.6 Å². The summed E-state index contributed by atoms with van der Waals surface area (Å²) in [5, 5.41) is 28.6. The Morgan fingerprint density at radius 3 is 1.66 bits per heavy atom. The molecule has 35 heavy (non-hydrogen) atoms. The van der Waals surface area contributed by atoms with Crippen molar-refractivity contribution in [2.45, 2.75) is 63.9 Å². The fourth-order valence-electron chi connectivity index (χ4n) is 3.62. The molecule has 0 aliphatic rings. The molecule has 0 heterocycles. The number of rotatable bonds is 19. The molecule has 2 N–H and O–H groups in total. The van der Waals surface area contributed by atoms with Crippen molar-refractivity contribution in [2.75, 3.05) is 26.4 Å². The summed E-state index contributed by atoms with van der Waals surface area (Å²) >= 11 is 0. The molecule has 0 aliphatic heterocycles. The van der Waals surface area contributed by atoms with Gasteiger partial charge in [-0.3, -0.25) is 10.1 Å². The topological polar surface area (TPSA) is 102 Å². The van der Waals surface area contributed by atoms with E-state index in [2.05, 4.69) is 0 Å². The third kappa shape index (κ3) is 12.5. The first kappa shape index (κ1) is 28.5. The Hall–Kier alpha value is -2.74. The highest BCUT2D eigenvalue weighted by molar-refractivity contribution is 5.70. The molecule has 0 amide bonds. The summed E-state index contributed by atoms with van der Waals surface area (Å²) in [7, 11) is 0. The Bertz CT molecular complexity index is 847. The third-order valence-electron chi connectivity index (χ3n) is 5.77. The predicted octanol–water partition coefficient (Wildman–Crippen LogP) is 6.02. The molecule has 0 spiro atoms. The van der Waals surface area contributed by atoms with Gasteiger partial charge in [-0.05, 0) is 48.2 Å². The number of aliphatic hydroxyl groups excluding tert-OH is 2. The SMILES string of the molecule is O=[N+]([O-])c1ccc(/C=C/c2ccc(OCCCCCCCCCCCOC(CO)CO)cc2)cc1. The van der Waals surface area contributed by atoms with Gasteiger partial charge in [0.1, 0.15) is 11.9 Å². The maximum absolute atomic E-state index is 10.7. The number of hydrogen-bond donors (Lipinski definition) is 2. The van der Waals surface area contributed by atoms with Crippen LogP contribution >= 0.6 is 0 Å². The van der Waals surface area contributed by atoms with Gasteiger partial charge in [-0.25, -0.2) is 0 Å². The summed E-state index contributed by atoms with van der Waals surface area (Å²) < 4.78 is 11.2. The average molecular weight is 486 g/mol. The van der Waals surface area contributed by atoms with Gasteiger partial charge in [0.05, 0.1) is 24.7 Å². The Balaban J connectivity index is 1.47. The third-order valence-corrected chi connectivity index (χ3v) is 5.77. The van der Waals surface area contributed by atoms with Gasteiger partial charge >= 0.3 is 0 Å². The number of aliphatic hydroxyl groups is 2. The Kier molecular flexibility index (Phi) is 14.4. The van der Waals surface area contributed by atoms with Crippen molar-refractivity contribution in [2.24, 2.45) is 0 Å². The number of hydrogen-bond acceptors (Lipinski definition) is 6. The molecule has 0 aromatic heterocycles. The molecule has 0 saturated carbocycles. The predicted molar refractivity (Wildman–Crippen MR) is 139 cm³/mol. The number of nitrogens with zero attached hydrogens (tertiary/aromatic N) is 1. The number of ether oxygens (including phenoxy) is 2. The van der Waals surface area contributed by atoms with E-state index < -0.39 is 11.0 Å². The molecule has 0 radical (unpaired) electrons. The normalized spacial score (nSPS) is 11.4. The highest BCUT2D eigenvalue weighted by atomic mass is 16.6. The standard InChI is InChI=1S/C28H39NO6/c30-22-28(23-31)35-21-9-7-5-3-1-2-4-6-8-20-34-27-18-14-25(15-19-27)11-10-24-12-16-26(17-13-24)29(32)33/h10-19,28,30-31H,1-9,20-23H2/b11-10+. The van der Waals surface area contributed by atoms with E-state index in [0.29, 0.717) is 6.61 Å². The first-order valence-electron chi connectivity index (χ1n) is 12.6. The maximum Gasteiger partial charge on any atom is 0.269 e. The largest absolute Gasteiger partial charge is 0.494 e. The minimum Gasteiger partial charge on any atom is -0.494 e. The molecule has 7 nitrogen and oxygen atoms in total. The van der Waals surface area contributed by atoms with Crippen molar-refractivity contribution in [1.82, 2.24) is 0 Å². The van der Waals surface area contributed by atoms with Gasteiger partial charge in [-0.15, -0.1) is 0 Å². The van der Waals surface area contributed by atoms with Crippen LogP contribution in [0.25, 0.3) is 12.2 Å². The number of nitro groups is 1. The second kappa shape index (κ2) is 17.7. The second-order valence-corrected chi connectivity index (χ2v) is 8.64. The van der Waals surface area contributed by atoms with E-state index in [9.17, 15) is 10.1 Å². The first-order chi connectivity index (χ1) is 17.1. The summed E-state index contributed by atoms with van der Waals surface area (Å²) in [6, 6.07) is 14.4. The number of benzene rings is 2. The summed E-state index contributed by atoms with van der Waals surface area (Å²) in [5.41, 5.74) is 2.05. The minimum absolute atomic E-state index is 0.0929. The molecule has 192 valence electrons. The van der Waals surface area contributed by atoms with Crippen LogP contribution in [0, 0.1) is 10.1 Å². The van der Waals surface area contributed by atoms with Gasteiger partial charge in [0.15, 0.2) is 0 Å². The fourth-order valence-corrected chi connectivity index (χ4v) is 3.62. The highest BCUT2D eigenvalue weighted by Crippen LogP contribution is 2.17. The van der Waals surface area contributed by atoms with Crippen LogP contribution in [-0.2, 0) is 4.74 Å². The summed E-state index contributed by atoms with van der Waals surface area (Å²) in [6.45, 7) is 1.08. The van der Waals surface area contributed by atoms with E-state index >= 15 is 0 Å². The molecule has 7 heteroatoms. The van der Waals surface area contributed by atoms with Gasteiger partial charge in [0, 0.05) is 18.7 Å². The molecule has 2 rings (SSSR count). The van der Waals surface area contributed by atoms with Crippen LogP contribution in [0.5, 0.6) is 5.75 Å². The van der Waals surface area contributed by atoms with Crippen molar-refractivity contribution in [3.8, 4) is 5.75 Å². The maximum atomic E-state index is 10.7. The average Bonchev–Trinajstić information content (AvgIpc) is 2.88. The lowest BCUT2D eigenvalue weighted by molar-refractivity contribution is -0.384.